The first-order valence-corrected chi connectivity index (χ1v) is 9.41. The van der Waals surface area contributed by atoms with Crippen molar-refractivity contribution in [3.63, 3.8) is 0 Å². The van der Waals surface area contributed by atoms with Gasteiger partial charge in [0, 0.05) is 25.7 Å². The normalized spacial score (nSPS) is 17.7. The van der Waals surface area contributed by atoms with Gasteiger partial charge in [0.05, 0.1) is 18.7 Å². The zero-order valence-electron chi connectivity index (χ0n) is 16.4. The van der Waals surface area contributed by atoms with Crippen molar-refractivity contribution in [3.05, 3.63) is 70.8 Å². The number of guanidine groups is 1. The fourth-order valence-electron chi connectivity index (χ4n) is 3.31. The molecule has 1 amide bonds. The molecule has 3 rings (SSSR count). The van der Waals surface area contributed by atoms with Gasteiger partial charge in [0.2, 0.25) is 5.91 Å². The van der Waals surface area contributed by atoms with Crippen molar-refractivity contribution in [1.82, 2.24) is 10.2 Å². The number of ether oxygens (including phenoxy) is 1. The minimum Gasteiger partial charge on any atom is -0.370 e. The van der Waals surface area contributed by atoms with E-state index >= 15 is 0 Å². The summed E-state index contributed by atoms with van der Waals surface area (Å²) in [5, 5.41) is 3.22. The predicted octanol–water partition coefficient (Wildman–Crippen LogP) is 2.95. The Balaban J connectivity index is 1.68. The standard InChI is InChI=1S/C21H23F3N4O2/c1-26-20(27-12-14-4-2-6-16(10-14)19(25)29)28-8-9-30-18(13-28)15-5-3-7-17(11-15)21(22,23)24/h2-7,10-11,18H,8-9,12-13H2,1H3,(H2,25,29)(H,26,27). The van der Waals surface area contributed by atoms with Crippen molar-refractivity contribution in [3.8, 4) is 0 Å². The van der Waals surface area contributed by atoms with E-state index in [0.717, 1.165) is 17.7 Å². The maximum Gasteiger partial charge on any atom is 0.416 e. The van der Waals surface area contributed by atoms with Crippen molar-refractivity contribution in [2.75, 3.05) is 26.7 Å². The Morgan fingerprint density at radius 3 is 2.73 bits per heavy atom. The van der Waals surface area contributed by atoms with Crippen molar-refractivity contribution in [2.24, 2.45) is 10.7 Å². The Labute approximate surface area is 172 Å². The molecule has 1 aliphatic heterocycles. The number of carbonyl (C=O) groups excluding carboxylic acids is 1. The van der Waals surface area contributed by atoms with Crippen molar-refractivity contribution in [1.29, 1.82) is 0 Å². The monoisotopic (exact) mass is 420 g/mol. The average Bonchev–Trinajstić information content (AvgIpc) is 2.74. The molecule has 1 unspecified atom stereocenters. The van der Waals surface area contributed by atoms with Crippen LogP contribution in [0, 0.1) is 0 Å². The van der Waals surface area contributed by atoms with Crippen LogP contribution in [0.15, 0.2) is 53.5 Å². The number of rotatable bonds is 4. The van der Waals surface area contributed by atoms with Gasteiger partial charge in [-0.25, -0.2) is 0 Å². The molecule has 3 N–H and O–H groups in total. The Kier molecular flexibility index (Phi) is 6.61. The van der Waals surface area contributed by atoms with Crippen LogP contribution in [0.5, 0.6) is 0 Å². The minimum atomic E-state index is -4.40. The van der Waals surface area contributed by atoms with Crippen LogP contribution in [-0.2, 0) is 17.5 Å². The van der Waals surface area contributed by atoms with Crippen LogP contribution in [0.4, 0.5) is 13.2 Å². The number of nitrogens with zero attached hydrogens (tertiary/aromatic N) is 2. The van der Waals surface area contributed by atoms with E-state index < -0.39 is 23.8 Å². The molecule has 0 bridgehead atoms. The van der Waals surface area contributed by atoms with Crippen LogP contribution in [0.25, 0.3) is 0 Å². The van der Waals surface area contributed by atoms with E-state index in [1.807, 2.05) is 11.0 Å². The molecule has 1 heterocycles. The summed E-state index contributed by atoms with van der Waals surface area (Å²) in [6, 6.07) is 12.1. The number of nitrogens with one attached hydrogen (secondary N) is 1. The highest BCUT2D eigenvalue weighted by Crippen LogP contribution is 2.32. The van der Waals surface area contributed by atoms with Crippen molar-refractivity contribution in [2.45, 2.75) is 18.8 Å². The summed E-state index contributed by atoms with van der Waals surface area (Å²) in [6.07, 6.45) is -4.90. The zero-order chi connectivity index (χ0) is 21.7. The first-order chi connectivity index (χ1) is 14.3. The van der Waals surface area contributed by atoms with Gasteiger partial charge in [0.1, 0.15) is 6.10 Å². The van der Waals surface area contributed by atoms with Gasteiger partial charge in [-0.05, 0) is 35.4 Å². The van der Waals surface area contributed by atoms with Crippen LogP contribution in [0.1, 0.15) is 33.2 Å². The van der Waals surface area contributed by atoms with Crippen molar-refractivity contribution < 1.29 is 22.7 Å². The fraction of sp³-hybridized carbons (Fsp3) is 0.333. The van der Waals surface area contributed by atoms with E-state index in [9.17, 15) is 18.0 Å². The third-order valence-corrected chi connectivity index (χ3v) is 4.83. The maximum absolute atomic E-state index is 13.0. The molecule has 160 valence electrons. The Hall–Kier alpha value is -3.07. The van der Waals surface area contributed by atoms with Crippen LogP contribution < -0.4 is 11.1 Å². The third-order valence-electron chi connectivity index (χ3n) is 4.83. The molecule has 0 saturated carbocycles. The largest absolute Gasteiger partial charge is 0.416 e. The highest BCUT2D eigenvalue weighted by molar-refractivity contribution is 5.92. The second kappa shape index (κ2) is 9.17. The molecule has 9 heteroatoms. The van der Waals surface area contributed by atoms with E-state index in [1.54, 1.807) is 31.3 Å². The minimum absolute atomic E-state index is 0.360. The molecule has 1 aliphatic rings. The summed E-state index contributed by atoms with van der Waals surface area (Å²) in [5.41, 5.74) is 6.36. The van der Waals surface area contributed by atoms with Gasteiger partial charge in [-0.15, -0.1) is 0 Å². The lowest BCUT2D eigenvalue weighted by Crippen LogP contribution is -2.48. The molecule has 0 spiro atoms. The van der Waals surface area contributed by atoms with Crippen molar-refractivity contribution >= 4 is 11.9 Å². The Bertz CT molecular complexity index is 930. The second-order valence-corrected chi connectivity index (χ2v) is 6.89. The van der Waals surface area contributed by atoms with Crippen LogP contribution in [0.3, 0.4) is 0 Å². The summed E-state index contributed by atoms with van der Waals surface area (Å²) in [4.78, 5) is 17.5. The molecular weight excluding hydrogens is 397 g/mol. The number of aliphatic imine (C=N–C) groups is 1. The maximum atomic E-state index is 13.0. The average molecular weight is 420 g/mol. The van der Waals surface area contributed by atoms with E-state index in [2.05, 4.69) is 10.3 Å². The second-order valence-electron chi connectivity index (χ2n) is 6.89. The number of halogens is 3. The predicted molar refractivity (Wildman–Crippen MR) is 107 cm³/mol. The van der Waals surface area contributed by atoms with E-state index in [0.29, 0.717) is 43.3 Å². The molecule has 1 saturated heterocycles. The molecule has 30 heavy (non-hydrogen) atoms. The number of nitrogens with two attached hydrogens (primary N) is 1. The van der Waals surface area contributed by atoms with Gasteiger partial charge < -0.3 is 20.7 Å². The summed E-state index contributed by atoms with van der Waals surface area (Å²) in [6.45, 7) is 1.69. The molecule has 0 aromatic heterocycles. The van der Waals surface area contributed by atoms with Crippen LogP contribution in [0.2, 0.25) is 0 Å². The zero-order valence-corrected chi connectivity index (χ0v) is 16.4. The number of hydrogen-bond acceptors (Lipinski definition) is 3. The number of alkyl halides is 3. The highest BCUT2D eigenvalue weighted by atomic mass is 19.4. The molecule has 2 aromatic rings. The number of amides is 1. The summed E-state index contributed by atoms with van der Waals surface area (Å²) in [7, 11) is 1.64. The lowest BCUT2D eigenvalue weighted by molar-refractivity contribution is -0.137. The first kappa shape index (κ1) is 21.6. The number of primary amides is 1. The van der Waals surface area contributed by atoms with Gasteiger partial charge in [-0.2, -0.15) is 13.2 Å². The Morgan fingerprint density at radius 1 is 1.27 bits per heavy atom. The number of carbonyl (C=O) groups is 1. The topological polar surface area (TPSA) is 79.9 Å². The number of benzene rings is 2. The molecule has 1 fully saturated rings. The lowest BCUT2D eigenvalue weighted by atomic mass is 10.0. The molecule has 0 radical (unpaired) electrons. The molecule has 1 atom stereocenters. The fourth-order valence-corrected chi connectivity index (χ4v) is 3.31. The van der Waals surface area contributed by atoms with Gasteiger partial charge in [-0.1, -0.05) is 24.3 Å². The number of morpholine rings is 1. The molecule has 2 aromatic carbocycles. The van der Waals surface area contributed by atoms with Gasteiger partial charge in [0.25, 0.3) is 0 Å². The smallest absolute Gasteiger partial charge is 0.370 e. The quantitative estimate of drug-likeness (QED) is 0.589. The summed E-state index contributed by atoms with van der Waals surface area (Å²) >= 11 is 0. The van der Waals surface area contributed by atoms with Crippen LogP contribution in [-0.4, -0.2) is 43.5 Å². The summed E-state index contributed by atoms with van der Waals surface area (Å²) in [5.74, 6) is 0.0955. The first-order valence-electron chi connectivity index (χ1n) is 9.41. The molecule has 0 aliphatic carbocycles. The third kappa shape index (κ3) is 5.29. The summed E-state index contributed by atoms with van der Waals surface area (Å²) < 4.78 is 44.8. The van der Waals surface area contributed by atoms with Crippen LogP contribution >= 0.6 is 0 Å². The SMILES string of the molecule is CN=C(NCc1cccc(C(N)=O)c1)N1CCOC(c2cccc(C(F)(F)F)c2)C1. The highest BCUT2D eigenvalue weighted by Gasteiger charge is 2.32. The Morgan fingerprint density at radius 2 is 2.03 bits per heavy atom. The lowest BCUT2D eigenvalue weighted by Gasteiger charge is -2.35. The molecular formula is C21H23F3N4O2. The van der Waals surface area contributed by atoms with Gasteiger partial charge in [0.15, 0.2) is 5.96 Å². The van der Waals surface area contributed by atoms with E-state index in [4.69, 9.17) is 10.5 Å². The van der Waals surface area contributed by atoms with E-state index in [1.165, 1.54) is 6.07 Å². The van der Waals surface area contributed by atoms with Gasteiger partial charge in [-0.3, -0.25) is 9.79 Å². The number of hydrogen-bond donors (Lipinski definition) is 2. The molecule has 6 nitrogen and oxygen atoms in total. The van der Waals surface area contributed by atoms with Gasteiger partial charge >= 0.3 is 6.18 Å². The van der Waals surface area contributed by atoms with E-state index in [-0.39, 0.29) is 0 Å².